The van der Waals surface area contributed by atoms with E-state index < -0.39 is 6.10 Å². The van der Waals surface area contributed by atoms with Gasteiger partial charge in [0.2, 0.25) is 0 Å². The fourth-order valence-electron chi connectivity index (χ4n) is 2.12. The SMILES string of the molecule is COc1ccccc1CNC(=O)[C@H](C)Oc1ccc(Cl)c(C)c1. The third-order valence-corrected chi connectivity index (χ3v) is 3.88. The summed E-state index contributed by atoms with van der Waals surface area (Å²) in [6, 6.07) is 12.9. The number of benzene rings is 2. The van der Waals surface area contributed by atoms with Crippen molar-refractivity contribution in [1.29, 1.82) is 0 Å². The van der Waals surface area contributed by atoms with Crippen LogP contribution in [0.3, 0.4) is 0 Å². The molecule has 122 valence electrons. The number of carbonyl (C=O) groups is 1. The molecule has 2 aromatic carbocycles. The monoisotopic (exact) mass is 333 g/mol. The van der Waals surface area contributed by atoms with Crippen LogP contribution in [0, 0.1) is 6.92 Å². The molecular formula is C18H20ClNO3. The highest BCUT2D eigenvalue weighted by atomic mass is 35.5. The van der Waals surface area contributed by atoms with Gasteiger partial charge in [0.1, 0.15) is 11.5 Å². The van der Waals surface area contributed by atoms with Crippen molar-refractivity contribution in [2.75, 3.05) is 7.11 Å². The molecule has 0 bridgehead atoms. The van der Waals surface area contributed by atoms with E-state index in [-0.39, 0.29) is 5.91 Å². The van der Waals surface area contributed by atoms with Crippen LogP contribution in [0.1, 0.15) is 18.1 Å². The standard InChI is InChI=1S/C18H20ClNO3/c1-12-10-15(8-9-16(12)19)23-13(2)18(21)20-11-14-6-4-5-7-17(14)22-3/h4-10,13H,11H2,1-3H3,(H,20,21)/t13-/m0/s1. The highest BCUT2D eigenvalue weighted by Crippen LogP contribution is 2.22. The number of amides is 1. The molecule has 1 amide bonds. The summed E-state index contributed by atoms with van der Waals surface area (Å²) in [6.45, 7) is 3.99. The minimum absolute atomic E-state index is 0.191. The number of ether oxygens (including phenoxy) is 2. The number of carbonyl (C=O) groups excluding carboxylic acids is 1. The van der Waals surface area contributed by atoms with Crippen molar-refractivity contribution in [3.63, 3.8) is 0 Å². The van der Waals surface area contributed by atoms with Gasteiger partial charge in [-0.05, 0) is 43.7 Å². The van der Waals surface area contributed by atoms with E-state index >= 15 is 0 Å². The van der Waals surface area contributed by atoms with Crippen molar-refractivity contribution in [3.8, 4) is 11.5 Å². The van der Waals surface area contributed by atoms with E-state index in [0.29, 0.717) is 17.3 Å². The second-order valence-corrected chi connectivity index (χ2v) is 5.61. The zero-order valence-corrected chi connectivity index (χ0v) is 14.2. The molecule has 0 saturated carbocycles. The smallest absolute Gasteiger partial charge is 0.261 e. The van der Waals surface area contributed by atoms with E-state index in [1.54, 1.807) is 26.2 Å². The Kier molecular flexibility index (Phi) is 5.88. The predicted molar refractivity (Wildman–Crippen MR) is 91.1 cm³/mol. The van der Waals surface area contributed by atoms with Gasteiger partial charge in [-0.15, -0.1) is 0 Å². The maximum atomic E-state index is 12.2. The first kappa shape index (κ1) is 17.2. The molecule has 0 fully saturated rings. The number of nitrogens with one attached hydrogen (secondary N) is 1. The van der Waals surface area contributed by atoms with E-state index in [9.17, 15) is 4.79 Å². The quantitative estimate of drug-likeness (QED) is 0.876. The van der Waals surface area contributed by atoms with Crippen LogP contribution in [-0.4, -0.2) is 19.1 Å². The lowest BCUT2D eigenvalue weighted by molar-refractivity contribution is -0.127. The fraction of sp³-hybridized carbons (Fsp3) is 0.278. The predicted octanol–water partition coefficient (Wildman–Crippen LogP) is 3.74. The van der Waals surface area contributed by atoms with Crippen molar-refractivity contribution in [1.82, 2.24) is 5.32 Å². The molecule has 23 heavy (non-hydrogen) atoms. The molecule has 0 aromatic heterocycles. The Hall–Kier alpha value is -2.20. The number of rotatable bonds is 6. The molecule has 2 rings (SSSR count). The summed E-state index contributed by atoms with van der Waals surface area (Å²) in [5.74, 6) is 1.17. The highest BCUT2D eigenvalue weighted by molar-refractivity contribution is 6.31. The van der Waals surface area contributed by atoms with Gasteiger partial charge in [0.05, 0.1) is 7.11 Å². The lowest BCUT2D eigenvalue weighted by atomic mass is 10.2. The van der Waals surface area contributed by atoms with Gasteiger partial charge < -0.3 is 14.8 Å². The molecule has 0 radical (unpaired) electrons. The summed E-state index contributed by atoms with van der Waals surface area (Å²) >= 11 is 5.98. The molecule has 1 N–H and O–H groups in total. The summed E-state index contributed by atoms with van der Waals surface area (Å²) in [4.78, 5) is 12.2. The molecule has 0 aliphatic heterocycles. The minimum Gasteiger partial charge on any atom is -0.496 e. The molecule has 0 aliphatic carbocycles. The van der Waals surface area contributed by atoms with Gasteiger partial charge >= 0.3 is 0 Å². The first-order valence-corrected chi connectivity index (χ1v) is 7.71. The second kappa shape index (κ2) is 7.88. The molecule has 4 nitrogen and oxygen atoms in total. The lowest BCUT2D eigenvalue weighted by Crippen LogP contribution is -2.36. The van der Waals surface area contributed by atoms with E-state index in [2.05, 4.69) is 5.32 Å². The molecule has 0 unspecified atom stereocenters. The zero-order valence-electron chi connectivity index (χ0n) is 13.4. The van der Waals surface area contributed by atoms with Crippen molar-refractivity contribution in [2.24, 2.45) is 0 Å². The maximum Gasteiger partial charge on any atom is 0.261 e. The largest absolute Gasteiger partial charge is 0.496 e. The summed E-state index contributed by atoms with van der Waals surface area (Å²) < 4.78 is 10.9. The van der Waals surface area contributed by atoms with Crippen LogP contribution in [0.4, 0.5) is 0 Å². The van der Waals surface area contributed by atoms with Gasteiger partial charge in [-0.2, -0.15) is 0 Å². The van der Waals surface area contributed by atoms with Crippen LogP contribution < -0.4 is 14.8 Å². The molecule has 0 spiro atoms. The maximum absolute atomic E-state index is 12.2. The third-order valence-electron chi connectivity index (χ3n) is 3.46. The van der Waals surface area contributed by atoms with Crippen molar-refractivity contribution in [2.45, 2.75) is 26.5 Å². The molecular weight excluding hydrogens is 314 g/mol. The Morgan fingerprint density at radius 3 is 2.70 bits per heavy atom. The second-order valence-electron chi connectivity index (χ2n) is 5.20. The van der Waals surface area contributed by atoms with E-state index in [1.807, 2.05) is 37.3 Å². The molecule has 0 saturated heterocycles. The number of hydrogen-bond donors (Lipinski definition) is 1. The van der Waals surface area contributed by atoms with Crippen LogP contribution in [0.5, 0.6) is 11.5 Å². The lowest BCUT2D eigenvalue weighted by Gasteiger charge is -2.16. The molecule has 1 atom stereocenters. The molecule has 0 heterocycles. The van der Waals surface area contributed by atoms with Crippen molar-refractivity contribution < 1.29 is 14.3 Å². The van der Waals surface area contributed by atoms with Crippen molar-refractivity contribution >= 4 is 17.5 Å². The molecule has 0 aliphatic rings. The topological polar surface area (TPSA) is 47.6 Å². The molecule has 2 aromatic rings. The van der Waals surface area contributed by atoms with E-state index in [4.69, 9.17) is 21.1 Å². The Labute approximate surface area is 141 Å². The van der Waals surface area contributed by atoms with Gasteiger partial charge in [0.15, 0.2) is 6.10 Å². The third kappa shape index (κ3) is 4.63. The summed E-state index contributed by atoms with van der Waals surface area (Å²) in [5, 5.41) is 3.52. The van der Waals surface area contributed by atoms with Gasteiger partial charge in [0.25, 0.3) is 5.91 Å². The normalized spacial score (nSPS) is 11.7. The van der Waals surface area contributed by atoms with Crippen LogP contribution in [-0.2, 0) is 11.3 Å². The van der Waals surface area contributed by atoms with Gasteiger partial charge in [-0.25, -0.2) is 0 Å². The number of halogens is 1. The number of para-hydroxylation sites is 1. The van der Waals surface area contributed by atoms with Crippen LogP contribution >= 0.6 is 11.6 Å². The first-order chi connectivity index (χ1) is 11.0. The van der Waals surface area contributed by atoms with Crippen LogP contribution in [0.2, 0.25) is 5.02 Å². The van der Waals surface area contributed by atoms with E-state index in [0.717, 1.165) is 16.9 Å². The van der Waals surface area contributed by atoms with Crippen LogP contribution in [0.25, 0.3) is 0 Å². The average Bonchev–Trinajstić information content (AvgIpc) is 2.56. The number of methoxy groups -OCH3 is 1. The minimum atomic E-state index is -0.606. The fourth-order valence-corrected chi connectivity index (χ4v) is 2.24. The number of hydrogen-bond acceptors (Lipinski definition) is 3. The van der Waals surface area contributed by atoms with E-state index in [1.165, 1.54) is 0 Å². The first-order valence-electron chi connectivity index (χ1n) is 7.33. The van der Waals surface area contributed by atoms with Gasteiger partial charge in [0, 0.05) is 17.1 Å². The Morgan fingerprint density at radius 2 is 2.00 bits per heavy atom. The number of aryl methyl sites for hydroxylation is 1. The summed E-state index contributed by atoms with van der Waals surface area (Å²) in [7, 11) is 1.61. The Balaban J connectivity index is 1.93. The Morgan fingerprint density at radius 1 is 1.26 bits per heavy atom. The van der Waals surface area contributed by atoms with Gasteiger partial charge in [-0.1, -0.05) is 29.8 Å². The van der Waals surface area contributed by atoms with Gasteiger partial charge in [-0.3, -0.25) is 4.79 Å². The molecule has 5 heteroatoms. The Bertz CT molecular complexity index is 688. The average molecular weight is 334 g/mol. The zero-order chi connectivity index (χ0) is 16.8. The summed E-state index contributed by atoms with van der Waals surface area (Å²) in [5.41, 5.74) is 1.82. The highest BCUT2D eigenvalue weighted by Gasteiger charge is 2.15. The van der Waals surface area contributed by atoms with Crippen molar-refractivity contribution in [3.05, 3.63) is 58.6 Å². The van der Waals surface area contributed by atoms with Crippen LogP contribution in [0.15, 0.2) is 42.5 Å². The summed E-state index contributed by atoms with van der Waals surface area (Å²) in [6.07, 6.45) is -0.606.